The number of hydrogen-bond donors (Lipinski definition) is 0. The normalized spacial score (nSPS) is 13.4. The quantitative estimate of drug-likeness (QED) is 0.549. The number of aldehydes is 1. The molecule has 0 saturated heterocycles. The Kier molecular flexibility index (Phi) is 3.24. The van der Waals surface area contributed by atoms with Crippen LogP contribution in [0, 0.1) is 0 Å². The number of benzene rings is 3. The van der Waals surface area contributed by atoms with Gasteiger partial charge in [0, 0.05) is 5.56 Å². The van der Waals surface area contributed by atoms with Crippen LogP contribution >= 0.6 is 0 Å². The molecule has 3 aromatic rings. The van der Waals surface area contributed by atoms with Crippen LogP contribution < -0.4 is 0 Å². The van der Waals surface area contributed by atoms with Gasteiger partial charge in [0.15, 0.2) is 6.29 Å². The second kappa shape index (κ2) is 5.42. The third-order valence-electron chi connectivity index (χ3n) is 4.38. The zero-order valence-corrected chi connectivity index (χ0v) is 12.7. The van der Waals surface area contributed by atoms with E-state index in [1.54, 1.807) is 36.4 Å². The smallest absolute Gasteiger partial charge is 0.261 e. The monoisotopic (exact) mass is 315 g/mol. The molecule has 0 unspecified atom stereocenters. The van der Waals surface area contributed by atoms with Crippen LogP contribution in [0.2, 0.25) is 0 Å². The van der Waals surface area contributed by atoms with Gasteiger partial charge in [-0.25, -0.2) is 0 Å². The van der Waals surface area contributed by atoms with Crippen LogP contribution in [0.15, 0.2) is 60.7 Å². The summed E-state index contributed by atoms with van der Waals surface area (Å²) in [4.78, 5) is 37.5. The molecule has 116 valence electrons. The molecular weight excluding hydrogens is 302 g/mol. The lowest BCUT2D eigenvalue weighted by molar-refractivity contribution is 0.0642. The highest BCUT2D eigenvalue weighted by Gasteiger charge is 2.35. The average molecular weight is 315 g/mol. The van der Waals surface area contributed by atoms with Crippen molar-refractivity contribution in [2.75, 3.05) is 0 Å². The minimum Gasteiger partial charge on any atom is -0.298 e. The number of carbonyl (C=O) groups excluding carboxylic acids is 3. The summed E-state index contributed by atoms with van der Waals surface area (Å²) in [6, 6.07) is 17.9. The van der Waals surface area contributed by atoms with Crippen LogP contribution in [-0.2, 0) is 6.54 Å². The molecule has 0 atom stereocenters. The van der Waals surface area contributed by atoms with Crippen LogP contribution in [0.1, 0.15) is 36.6 Å². The molecule has 0 radical (unpaired) electrons. The molecule has 24 heavy (non-hydrogen) atoms. The van der Waals surface area contributed by atoms with Gasteiger partial charge in [0.25, 0.3) is 11.8 Å². The van der Waals surface area contributed by atoms with E-state index in [1.165, 1.54) is 4.90 Å². The molecule has 1 aliphatic rings. The Hall–Kier alpha value is -3.27. The molecular formula is C20H13NO3. The van der Waals surface area contributed by atoms with E-state index in [1.807, 2.05) is 24.3 Å². The first-order chi connectivity index (χ1) is 11.7. The Morgan fingerprint density at radius 1 is 0.750 bits per heavy atom. The van der Waals surface area contributed by atoms with Crippen molar-refractivity contribution in [3.63, 3.8) is 0 Å². The predicted octanol–water partition coefficient (Wildman–Crippen LogP) is 3.45. The largest absolute Gasteiger partial charge is 0.298 e. The fourth-order valence-corrected chi connectivity index (χ4v) is 3.18. The van der Waals surface area contributed by atoms with Gasteiger partial charge in [0.1, 0.15) is 0 Å². The van der Waals surface area contributed by atoms with Crippen molar-refractivity contribution in [3.05, 3.63) is 82.9 Å². The number of hydrogen-bond acceptors (Lipinski definition) is 3. The fourth-order valence-electron chi connectivity index (χ4n) is 3.18. The summed E-state index contributed by atoms with van der Waals surface area (Å²) in [6.45, 7) is 0.187. The van der Waals surface area contributed by atoms with E-state index < -0.39 is 0 Å². The molecule has 3 aromatic carbocycles. The van der Waals surface area contributed by atoms with Gasteiger partial charge in [0.2, 0.25) is 0 Å². The SMILES string of the molecule is O=Cc1ccc(CN2C(=O)c3ccccc3C2=O)c2ccccc12. The summed E-state index contributed by atoms with van der Waals surface area (Å²) in [5, 5.41) is 1.69. The van der Waals surface area contributed by atoms with Gasteiger partial charge in [0.05, 0.1) is 17.7 Å². The van der Waals surface area contributed by atoms with Crippen LogP contribution in [-0.4, -0.2) is 23.0 Å². The summed E-state index contributed by atoms with van der Waals surface area (Å²) >= 11 is 0. The van der Waals surface area contributed by atoms with E-state index in [0.29, 0.717) is 16.7 Å². The van der Waals surface area contributed by atoms with E-state index in [2.05, 4.69) is 0 Å². The third kappa shape index (κ3) is 2.04. The summed E-state index contributed by atoms with van der Waals surface area (Å²) in [5.74, 6) is -0.557. The lowest BCUT2D eigenvalue weighted by Gasteiger charge is -2.16. The molecule has 0 aliphatic carbocycles. The number of nitrogens with zero attached hydrogens (tertiary/aromatic N) is 1. The molecule has 0 saturated carbocycles. The van der Waals surface area contributed by atoms with Crippen molar-refractivity contribution < 1.29 is 14.4 Å². The number of amides is 2. The number of carbonyl (C=O) groups is 3. The molecule has 4 rings (SSSR count). The highest BCUT2D eigenvalue weighted by atomic mass is 16.2. The third-order valence-corrected chi connectivity index (χ3v) is 4.38. The molecule has 0 aromatic heterocycles. The minimum atomic E-state index is -0.279. The Balaban J connectivity index is 1.78. The lowest BCUT2D eigenvalue weighted by Crippen LogP contribution is -2.29. The first kappa shape index (κ1) is 14.3. The topological polar surface area (TPSA) is 54.5 Å². The summed E-state index contributed by atoms with van der Waals surface area (Å²) in [5.41, 5.74) is 2.31. The number of rotatable bonds is 3. The summed E-state index contributed by atoms with van der Waals surface area (Å²) in [6.07, 6.45) is 0.814. The maximum absolute atomic E-state index is 12.5. The fraction of sp³-hybridized carbons (Fsp3) is 0.0500. The Morgan fingerprint density at radius 3 is 1.96 bits per heavy atom. The van der Waals surface area contributed by atoms with E-state index >= 15 is 0 Å². The molecule has 0 fully saturated rings. The maximum atomic E-state index is 12.5. The second-order valence-electron chi connectivity index (χ2n) is 5.72. The van der Waals surface area contributed by atoms with Crippen molar-refractivity contribution >= 4 is 28.9 Å². The van der Waals surface area contributed by atoms with Crippen molar-refractivity contribution in [1.29, 1.82) is 0 Å². The zero-order chi connectivity index (χ0) is 16.7. The van der Waals surface area contributed by atoms with Crippen LogP contribution in [0.5, 0.6) is 0 Å². The predicted molar refractivity (Wildman–Crippen MR) is 90.0 cm³/mol. The number of imide groups is 1. The van der Waals surface area contributed by atoms with Gasteiger partial charge in [-0.15, -0.1) is 0 Å². The minimum absolute atomic E-state index is 0.187. The van der Waals surface area contributed by atoms with E-state index in [0.717, 1.165) is 22.6 Å². The summed E-state index contributed by atoms with van der Waals surface area (Å²) in [7, 11) is 0. The highest BCUT2D eigenvalue weighted by molar-refractivity contribution is 6.21. The van der Waals surface area contributed by atoms with Gasteiger partial charge in [-0.2, -0.15) is 0 Å². The zero-order valence-electron chi connectivity index (χ0n) is 12.7. The van der Waals surface area contributed by atoms with Crippen LogP contribution in [0.4, 0.5) is 0 Å². The summed E-state index contributed by atoms with van der Waals surface area (Å²) < 4.78 is 0. The van der Waals surface area contributed by atoms with Crippen LogP contribution in [0.25, 0.3) is 10.8 Å². The van der Waals surface area contributed by atoms with Gasteiger partial charge < -0.3 is 0 Å². The van der Waals surface area contributed by atoms with Crippen molar-refractivity contribution in [2.45, 2.75) is 6.54 Å². The Bertz CT molecular complexity index is 972. The van der Waals surface area contributed by atoms with Gasteiger partial charge in [-0.1, -0.05) is 48.5 Å². The van der Waals surface area contributed by atoms with Crippen molar-refractivity contribution in [3.8, 4) is 0 Å². The Morgan fingerprint density at radius 2 is 1.33 bits per heavy atom. The molecule has 0 bridgehead atoms. The van der Waals surface area contributed by atoms with E-state index in [9.17, 15) is 14.4 Å². The van der Waals surface area contributed by atoms with Gasteiger partial charge >= 0.3 is 0 Å². The average Bonchev–Trinajstić information content (AvgIpc) is 2.87. The van der Waals surface area contributed by atoms with E-state index in [-0.39, 0.29) is 18.4 Å². The molecule has 2 amide bonds. The number of fused-ring (bicyclic) bond motifs is 2. The second-order valence-corrected chi connectivity index (χ2v) is 5.72. The van der Waals surface area contributed by atoms with E-state index in [4.69, 9.17) is 0 Å². The Labute approximate surface area is 138 Å². The van der Waals surface area contributed by atoms with Crippen molar-refractivity contribution in [1.82, 2.24) is 4.90 Å². The van der Waals surface area contributed by atoms with Gasteiger partial charge in [-0.05, 0) is 28.5 Å². The van der Waals surface area contributed by atoms with Crippen molar-refractivity contribution in [2.24, 2.45) is 0 Å². The lowest BCUT2D eigenvalue weighted by atomic mass is 10.00. The molecule has 4 heteroatoms. The molecule has 4 nitrogen and oxygen atoms in total. The molecule has 0 spiro atoms. The molecule has 1 aliphatic heterocycles. The highest BCUT2D eigenvalue weighted by Crippen LogP contribution is 2.28. The molecule has 1 heterocycles. The first-order valence-electron chi connectivity index (χ1n) is 7.62. The van der Waals surface area contributed by atoms with Crippen LogP contribution in [0.3, 0.4) is 0 Å². The standard InChI is InChI=1S/C20H13NO3/c22-12-14-10-9-13(15-5-1-2-6-16(14)15)11-21-19(23)17-7-3-4-8-18(17)20(21)24/h1-10,12H,11H2. The van der Waals surface area contributed by atoms with Gasteiger partial charge in [-0.3, -0.25) is 19.3 Å². The molecule has 0 N–H and O–H groups in total. The maximum Gasteiger partial charge on any atom is 0.261 e. The first-order valence-corrected chi connectivity index (χ1v) is 7.62.